The highest BCUT2D eigenvalue weighted by Gasteiger charge is 2.13. The zero-order valence-electron chi connectivity index (χ0n) is 17.3. The van der Waals surface area contributed by atoms with Gasteiger partial charge < -0.3 is 10.1 Å². The zero-order valence-corrected chi connectivity index (χ0v) is 17.3. The molecule has 1 unspecified atom stereocenters. The molecule has 8 nitrogen and oxygen atoms in total. The summed E-state index contributed by atoms with van der Waals surface area (Å²) >= 11 is 0. The van der Waals surface area contributed by atoms with Gasteiger partial charge in [-0.25, -0.2) is 4.68 Å². The summed E-state index contributed by atoms with van der Waals surface area (Å²) in [7, 11) is 0. The van der Waals surface area contributed by atoms with Crippen LogP contribution in [0.2, 0.25) is 0 Å². The number of nitrogens with one attached hydrogen (secondary N) is 1. The first-order valence-corrected chi connectivity index (χ1v) is 9.86. The smallest absolute Gasteiger partial charge is 0.251 e. The first kappa shape index (κ1) is 20.2. The van der Waals surface area contributed by atoms with E-state index in [2.05, 4.69) is 25.8 Å². The van der Waals surface area contributed by atoms with Crippen LogP contribution in [0, 0.1) is 6.92 Å². The van der Waals surface area contributed by atoms with Crippen molar-refractivity contribution in [2.75, 3.05) is 0 Å². The van der Waals surface area contributed by atoms with E-state index in [1.807, 2.05) is 62.4 Å². The molecule has 0 aliphatic heterocycles. The van der Waals surface area contributed by atoms with Crippen molar-refractivity contribution >= 4 is 5.91 Å². The van der Waals surface area contributed by atoms with Crippen molar-refractivity contribution in [3.63, 3.8) is 0 Å². The van der Waals surface area contributed by atoms with Gasteiger partial charge in [-0.15, -0.1) is 5.10 Å². The van der Waals surface area contributed by atoms with Crippen molar-refractivity contribution in [3.8, 4) is 11.4 Å². The summed E-state index contributed by atoms with van der Waals surface area (Å²) in [5.74, 6) is 0.621. The Balaban J connectivity index is 1.37. The summed E-state index contributed by atoms with van der Waals surface area (Å²) in [6, 6.07) is 16.8. The molecule has 0 aliphatic carbocycles. The van der Waals surface area contributed by atoms with Gasteiger partial charge in [-0.2, -0.15) is 0 Å². The third-order valence-electron chi connectivity index (χ3n) is 4.91. The first-order valence-electron chi connectivity index (χ1n) is 9.86. The number of carbonyl (C=O) groups is 1. The summed E-state index contributed by atoms with van der Waals surface area (Å²) in [6.07, 6.45) is 5.04. The number of aromatic nitrogens is 5. The van der Waals surface area contributed by atoms with Gasteiger partial charge in [0, 0.05) is 23.5 Å². The lowest BCUT2D eigenvalue weighted by Crippen LogP contribution is -2.26. The molecule has 0 radical (unpaired) electrons. The van der Waals surface area contributed by atoms with Gasteiger partial charge in [0.15, 0.2) is 0 Å². The van der Waals surface area contributed by atoms with E-state index in [4.69, 9.17) is 4.74 Å². The number of tetrazole rings is 1. The standard InChI is InChI=1S/C23H22N6O2/c1-16-12-20(7-10-22(16)29-15-25-27-28-29)23(30)26-17(2)19-5-8-21(9-6-19)31-14-18-4-3-11-24-13-18/h3-13,15,17H,14H2,1-2H3,(H,26,30). The molecular weight excluding hydrogens is 392 g/mol. The Labute approximate surface area is 179 Å². The van der Waals surface area contributed by atoms with Gasteiger partial charge in [0.25, 0.3) is 5.91 Å². The molecule has 156 valence electrons. The highest BCUT2D eigenvalue weighted by atomic mass is 16.5. The van der Waals surface area contributed by atoms with E-state index in [0.29, 0.717) is 12.2 Å². The lowest BCUT2D eigenvalue weighted by molar-refractivity contribution is 0.0940. The second-order valence-electron chi connectivity index (χ2n) is 7.17. The highest BCUT2D eigenvalue weighted by molar-refractivity contribution is 5.94. The van der Waals surface area contributed by atoms with Crippen molar-refractivity contribution in [2.45, 2.75) is 26.5 Å². The minimum atomic E-state index is -0.153. The Morgan fingerprint density at radius 1 is 1.16 bits per heavy atom. The fourth-order valence-corrected chi connectivity index (χ4v) is 3.19. The molecule has 1 N–H and O–H groups in total. The molecular formula is C23H22N6O2. The van der Waals surface area contributed by atoms with E-state index in [-0.39, 0.29) is 11.9 Å². The summed E-state index contributed by atoms with van der Waals surface area (Å²) in [5.41, 5.74) is 4.31. The quantitative estimate of drug-likeness (QED) is 0.498. The van der Waals surface area contributed by atoms with Crippen LogP contribution < -0.4 is 10.1 Å². The lowest BCUT2D eigenvalue weighted by Gasteiger charge is -2.16. The molecule has 0 aliphatic rings. The number of nitrogens with zero attached hydrogens (tertiary/aromatic N) is 5. The molecule has 0 fully saturated rings. The Kier molecular flexibility index (Phi) is 5.98. The second kappa shape index (κ2) is 9.17. The van der Waals surface area contributed by atoms with E-state index in [1.165, 1.54) is 6.33 Å². The number of hydrogen-bond acceptors (Lipinski definition) is 6. The molecule has 0 saturated carbocycles. The van der Waals surface area contributed by atoms with Crippen LogP contribution in [0.5, 0.6) is 5.75 Å². The molecule has 2 heterocycles. The van der Waals surface area contributed by atoms with E-state index >= 15 is 0 Å². The van der Waals surface area contributed by atoms with Gasteiger partial charge >= 0.3 is 0 Å². The van der Waals surface area contributed by atoms with Crippen LogP contribution in [-0.2, 0) is 6.61 Å². The van der Waals surface area contributed by atoms with Crippen LogP contribution in [0.1, 0.15) is 40.0 Å². The van der Waals surface area contributed by atoms with E-state index in [9.17, 15) is 4.79 Å². The van der Waals surface area contributed by atoms with Gasteiger partial charge in [0.05, 0.1) is 11.7 Å². The van der Waals surface area contributed by atoms with Gasteiger partial charge in [0.2, 0.25) is 0 Å². The molecule has 2 aromatic heterocycles. The maximum Gasteiger partial charge on any atom is 0.251 e. The largest absolute Gasteiger partial charge is 0.489 e. The van der Waals surface area contributed by atoms with Crippen molar-refractivity contribution in [3.05, 3.63) is 95.6 Å². The fourth-order valence-electron chi connectivity index (χ4n) is 3.19. The Morgan fingerprint density at radius 3 is 2.68 bits per heavy atom. The number of carbonyl (C=O) groups excluding carboxylic acids is 1. The molecule has 31 heavy (non-hydrogen) atoms. The van der Waals surface area contributed by atoms with Gasteiger partial charge in [-0.3, -0.25) is 9.78 Å². The van der Waals surface area contributed by atoms with E-state index in [1.54, 1.807) is 23.1 Å². The van der Waals surface area contributed by atoms with E-state index < -0.39 is 0 Å². The summed E-state index contributed by atoms with van der Waals surface area (Å²) in [4.78, 5) is 16.8. The van der Waals surface area contributed by atoms with Crippen LogP contribution in [0.4, 0.5) is 0 Å². The molecule has 0 bridgehead atoms. The highest BCUT2D eigenvalue weighted by Crippen LogP contribution is 2.20. The van der Waals surface area contributed by atoms with Crippen molar-refractivity contribution in [1.29, 1.82) is 0 Å². The van der Waals surface area contributed by atoms with Crippen molar-refractivity contribution in [2.24, 2.45) is 0 Å². The van der Waals surface area contributed by atoms with Gasteiger partial charge in [0.1, 0.15) is 18.7 Å². The number of aryl methyl sites for hydroxylation is 1. The molecule has 4 rings (SSSR count). The Bertz CT molecular complexity index is 1140. The number of benzene rings is 2. The second-order valence-corrected chi connectivity index (χ2v) is 7.17. The zero-order chi connectivity index (χ0) is 21.6. The van der Waals surface area contributed by atoms with Gasteiger partial charge in [-0.05, 0) is 71.8 Å². The summed E-state index contributed by atoms with van der Waals surface area (Å²) < 4.78 is 7.36. The minimum Gasteiger partial charge on any atom is -0.489 e. The van der Waals surface area contributed by atoms with Crippen LogP contribution >= 0.6 is 0 Å². The van der Waals surface area contributed by atoms with Crippen molar-refractivity contribution in [1.82, 2.24) is 30.5 Å². The molecule has 8 heteroatoms. The molecule has 1 atom stereocenters. The third-order valence-corrected chi connectivity index (χ3v) is 4.91. The summed E-state index contributed by atoms with van der Waals surface area (Å²) in [5, 5.41) is 14.2. The number of rotatable bonds is 7. The number of hydrogen-bond donors (Lipinski definition) is 1. The SMILES string of the molecule is Cc1cc(C(=O)NC(C)c2ccc(OCc3cccnc3)cc2)ccc1-n1cnnn1. The predicted molar refractivity (Wildman–Crippen MR) is 115 cm³/mol. The van der Waals surface area contributed by atoms with Crippen LogP contribution in [0.3, 0.4) is 0 Å². The topological polar surface area (TPSA) is 94.8 Å². The average Bonchev–Trinajstić information content (AvgIpc) is 3.33. The number of amides is 1. The fraction of sp³-hybridized carbons (Fsp3) is 0.174. The molecule has 0 saturated heterocycles. The minimum absolute atomic E-state index is 0.143. The number of pyridine rings is 1. The predicted octanol–water partition coefficient (Wildman–Crippen LogP) is 3.44. The van der Waals surface area contributed by atoms with Crippen LogP contribution in [0.25, 0.3) is 5.69 Å². The monoisotopic (exact) mass is 414 g/mol. The molecule has 1 amide bonds. The van der Waals surface area contributed by atoms with Crippen molar-refractivity contribution < 1.29 is 9.53 Å². The summed E-state index contributed by atoms with van der Waals surface area (Å²) in [6.45, 7) is 4.33. The van der Waals surface area contributed by atoms with E-state index in [0.717, 1.165) is 28.1 Å². The third kappa shape index (κ3) is 4.92. The Hall–Kier alpha value is -4.07. The maximum atomic E-state index is 12.7. The Morgan fingerprint density at radius 2 is 2.00 bits per heavy atom. The lowest BCUT2D eigenvalue weighted by atomic mass is 10.1. The first-order chi connectivity index (χ1) is 15.1. The maximum absolute atomic E-state index is 12.7. The average molecular weight is 414 g/mol. The van der Waals surface area contributed by atoms with Gasteiger partial charge in [-0.1, -0.05) is 18.2 Å². The normalized spacial score (nSPS) is 11.7. The molecule has 2 aromatic carbocycles. The van der Waals surface area contributed by atoms with Crippen LogP contribution in [-0.4, -0.2) is 31.1 Å². The van der Waals surface area contributed by atoms with Crippen LogP contribution in [0.15, 0.2) is 73.3 Å². The molecule has 4 aromatic rings. The molecule has 0 spiro atoms. The number of ether oxygens (including phenoxy) is 1.